The van der Waals surface area contributed by atoms with Gasteiger partial charge in [0.2, 0.25) is 0 Å². The highest BCUT2D eigenvalue weighted by atomic mass is 32.1. The largest absolute Gasteiger partial charge is 0.478 e. The molecule has 3 aromatic rings. The van der Waals surface area contributed by atoms with Crippen molar-refractivity contribution in [1.29, 1.82) is 0 Å². The van der Waals surface area contributed by atoms with Gasteiger partial charge in [-0.05, 0) is 30.3 Å². The number of benzene rings is 1. The van der Waals surface area contributed by atoms with Crippen LogP contribution in [0, 0.1) is 5.82 Å². The topological polar surface area (TPSA) is 50.4 Å². The molecule has 18 heavy (non-hydrogen) atoms. The van der Waals surface area contributed by atoms with E-state index in [2.05, 4.69) is 0 Å². The minimum Gasteiger partial charge on any atom is -0.478 e. The third-order valence-corrected chi connectivity index (χ3v) is 3.51. The van der Waals surface area contributed by atoms with Crippen molar-refractivity contribution in [2.24, 2.45) is 0 Å². The summed E-state index contributed by atoms with van der Waals surface area (Å²) in [6.07, 6.45) is 0. The summed E-state index contributed by atoms with van der Waals surface area (Å²) in [5.74, 6) is -0.750. The van der Waals surface area contributed by atoms with Crippen LogP contribution in [0.4, 0.5) is 4.39 Å². The van der Waals surface area contributed by atoms with Gasteiger partial charge in [-0.2, -0.15) is 0 Å². The molecular weight excluding hydrogens is 255 g/mol. The van der Waals surface area contributed by atoms with Crippen LogP contribution >= 0.6 is 11.3 Å². The average Bonchev–Trinajstić information content (AvgIpc) is 2.93. The summed E-state index contributed by atoms with van der Waals surface area (Å²) in [7, 11) is 0. The molecule has 0 spiro atoms. The maximum absolute atomic E-state index is 13.0. The van der Waals surface area contributed by atoms with Gasteiger partial charge in [-0.15, -0.1) is 11.3 Å². The fourth-order valence-corrected chi connectivity index (χ4v) is 2.55. The van der Waals surface area contributed by atoms with Gasteiger partial charge in [-0.25, -0.2) is 9.18 Å². The van der Waals surface area contributed by atoms with E-state index in [1.165, 1.54) is 23.5 Å². The van der Waals surface area contributed by atoms with E-state index in [0.717, 1.165) is 0 Å². The second kappa shape index (κ2) is 3.96. The van der Waals surface area contributed by atoms with Gasteiger partial charge in [0.05, 0.1) is 10.4 Å². The summed E-state index contributed by atoms with van der Waals surface area (Å²) in [4.78, 5) is 11.5. The van der Waals surface area contributed by atoms with Crippen molar-refractivity contribution in [3.05, 3.63) is 47.1 Å². The third-order valence-electron chi connectivity index (χ3n) is 2.57. The fourth-order valence-electron chi connectivity index (χ4n) is 1.71. The lowest BCUT2D eigenvalue weighted by molar-refractivity contribution is 0.0697. The third kappa shape index (κ3) is 1.78. The summed E-state index contributed by atoms with van der Waals surface area (Å²) < 4.78 is 18.6. The molecule has 0 atom stereocenters. The average molecular weight is 262 g/mol. The van der Waals surface area contributed by atoms with Crippen LogP contribution in [-0.4, -0.2) is 11.1 Å². The van der Waals surface area contributed by atoms with Crippen molar-refractivity contribution < 1.29 is 18.7 Å². The summed E-state index contributed by atoms with van der Waals surface area (Å²) >= 11 is 1.28. The zero-order chi connectivity index (χ0) is 12.7. The molecular formula is C13H7FO3S. The van der Waals surface area contributed by atoms with Crippen LogP contribution in [0.5, 0.6) is 0 Å². The predicted molar refractivity (Wildman–Crippen MR) is 66.4 cm³/mol. The molecule has 0 saturated heterocycles. The molecule has 3 nitrogen and oxygen atoms in total. The van der Waals surface area contributed by atoms with E-state index < -0.39 is 5.97 Å². The lowest BCUT2D eigenvalue weighted by Crippen LogP contribution is -1.91. The maximum Gasteiger partial charge on any atom is 0.336 e. The first-order valence-electron chi connectivity index (χ1n) is 5.15. The summed E-state index contributed by atoms with van der Waals surface area (Å²) in [5.41, 5.74) is 0.804. The Morgan fingerprint density at radius 1 is 1.28 bits per heavy atom. The molecule has 0 bridgehead atoms. The van der Waals surface area contributed by atoms with Crippen molar-refractivity contribution in [2.75, 3.05) is 0 Å². The molecule has 2 aromatic heterocycles. The number of carboxylic acid groups (broad SMARTS) is 1. The molecule has 90 valence electrons. The van der Waals surface area contributed by atoms with Crippen molar-refractivity contribution in [1.82, 2.24) is 0 Å². The Morgan fingerprint density at radius 2 is 2.11 bits per heavy atom. The van der Waals surface area contributed by atoms with Gasteiger partial charge in [0, 0.05) is 10.8 Å². The first-order chi connectivity index (χ1) is 8.63. The number of hydrogen-bond donors (Lipinski definition) is 1. The highest BCUT2D eigenvalue weighted by Gasteiger charge is 2.12. The highest BCUT2D eigenvalue weighted by molar-refractivity contribution is 7.13. The van der Waals surface area contributed by atoms with Crippen LogP contribution < -0.4 is 0 Å². The molecule has 0 radical (unpaired) electrons. The molecule has 0 aliphatic carbocycles. The number of carbonyl (C=O) groups is 1. The number of hydrogen-bond acceptors (Lipinski definition) is 3. The second-order valence-corrected chi connectivity index (χ2v) is 4.71. The molecule has 3 rings (SSSR count). The molecule has 0 fully saturated rings. The number of thiophene rings is 1. The second-order valence-electron chi connectivity index (χ2n) is 3.80. The van der Waals surface area contributed by atoms with Crippen molar-refractivity contribution >= 4 is 28.3 Å². The van der Waals surface area contributed by atoms with Gasteiger partial charge in [0.1, 0.15) is 17.2 Å². The summed E-state index contributed by atoms with van der Waals surface area (Å²) in [5, 5.41) is 11.1. The highest BCUT2D eigenvalue weighted by Crippen LogP contribution is 2.32. The zero-order valence-corrected chi connectivity index (χ0v) is 9.83. The van der Waals surface area contributed by atoms with E-state index in [1.807, 2.05) is 0 Å². The van der Waals surface area contributed by atoms with Gasteiger partial charge >= 0.3 is 5.97 Å². The minimum atomic E-state index is -0.973. The fraction of sp³-hybridized carbons (Fsp3) is 0. The van der Waals surface area contributed by atoms with Crippen LogP contribution in [0.3, 0.4) is 0 Å². The smallest absolute Gasteiger partial charge is 0.336 e. The van der Waals surface area contributed by atoms with Crippen LogP contribution in [0.25, 0.3) is 21.6 Å². The van der Waals surface area contributed by atoms with E-state index in [0.29, 0.717) is 21.6 Å². The number of fused-ring (bicyclic) bond motifs is 1. The van der Waals surface area contributed by atoms with Gasteiger partial charge in [-0.3, -0.25) is 0 Å². The molecule has 0 aliphatic rings. The van der Waals surface area contributed by atoms with E-state index in [1.54, 1.807) is 23.6 Å². The number of carboxylic acids is 1. The van der Waals surface area contributed by atoms with Crippen LogP contribution in [0.15, 0.2) is 40.1 Å². The van der Waals surface area contributed by atoms with Gasteiger partial charge in [0.25, 0.3) is 0 Å². The van der Waals surface area contributed by atoms with Gasteiger partial charge in [0.15, 0.2) is 0 Å². The Balaban J connectivity index is 2.10. The van der Waals surface area contributed by atoms with E-state index >= 15 is 0 Å². The first-order valence-corrected chi connectivity index (χ1v) is 6.03. The standard InChI is InChI=1S/C13H7FO3S/c14-9-1-2-10-7(3-9)4-11(17-10)12-5-8(6-18-12)13(15)16/h1-6H,(H,15,16). The molecule has 0 saturated carbocycles. The SMILES string of the molecule is O=C(O)c1csc(-c2cc3cc(F)ccc3o2)c1. The van der Waals surface area contributed by atoms with Crippen molar-refractivity contribution in [2.45, 2.75) is 0 Å². The Labute approximate surface area is 105 Å². The molecule has 5 heteroatoms. The van der Waals surface area contributed by atoms with E-state index in [-0.39, 0.29) is 11.4 Å². The Morgan fingerprint density at radius 3 is 2.83 bits per heavy atom. The van der Waals surface area contributed by atoms with Gasteiger partial charge < -0.3 is 9.52 Å². The minimum absolute atomic E-state index is 0.224. The molecule has 1 N–H and O–H groups in total. The van der Waals surface area contributed by atoms with E-state index in [4.69, 9.17) is 9.52 Å². The number of furan rings is 1. The quantitative estimate of drug-likeness (QED) is 0.759. The Hall–Kier alpha value is -2.14. The molecule has 2 heterocycles. The number of halogens is 1. The normalized spacial score (nSPS) is 10.9. The molecule has 0 aliphatic heterocycles. The van der Waals surface area contributed by atoms with Gasteiger partial charge in [-0.1, -0.05) is 0 Å². The van der Waals surface area contributed by atoms with Crippen molar-refractivity contribution in [3.8, 4) is 10.6 Å². The maximum atomic E-state index is 13.0. The first kappa shape index (κ1) is 11.0. The Kier molecular flexibility index (Phi) is 2.41. The predicted octanol–water partition coefficient (Wildman–Crippen LogP) is 4.00. The van der Waals surface area contributed by atoms with E-state index in [9.17, 15) is 9.18 Å². The lowest BCUT2D eigenvalue weighted by Gasteiger charge is -1.88. The number of aromatic carboxylic acids is 1. The van der Waals surface area contributed by atoms with Crippen LogP contribution in [0.2, 0.25) is 0 Å². The monoisotopic (exact) mass is 262 g/mol. The van der Waals surface area contributed by atoms with Crippen LogP contribution in [0.1, 0.15) is 10.4 Å². The van der Waals surface area contributed by atoms with Crippen molar-refractivity contribution in [3.63, 3.8) is 0 Å². The summed E-state index contributed by atoms with van der Waals surface area (Å²) in [6.45, 7) is 0. The summed E-state index contributed by atoms with van der Waals surface area (Å²) in [6, 6.07) is 7.51. The Bertz CT molecular complexity index is 742. The number of rotatable bonds is 2. The van der Waals surface area contributed by atoms with Crippen LogP contribution in [-0.2, 0) is 0 Å². The molecule has 1 aromatic carbocycles. The lowest BCUT2D eigenvalue weighted by atomic mass is 10.2. The molecule has 0 amide bonds. The molecule has 0 unspecified atom stereocenters. The zero-order valence-electron chi connectivity index (χ0n) is 9.01.